The van der Waals surface area contributed by atoms with Crippen molar-refractivity contribution in [3.8, 4) is 17.6 Å². The molecule has 0 aliphatic carbocycles. The molecule has 2 aromatic heterocycles. The number of nitrogens with one attached hydrogen (secondary N) is 1. The second-order valence-electron chi connectivity index (χ2n) is 7.92. The molecule has 0 spiro atoms. The normalized spacial score (nSPS) is 11.9. The number of nitrogens with two attached hydrogens (primary N) is 1. The van der Waals surface area contributed by atoms with Crippen LogP contribution < -0.4 is 15.8 Å². The van der Waals surface area contributed by atoms with Crippen molar-refractivity contribution in [3.63, 3.8) is 0 Å². The van der Waals surface area contributed by atoms with Crippen LogP contribution in [0.1, 0.15) is 25.1 Å². The molecular weight excluding hydrogens is 476 g/mol. The first-order valence-corrected chi connectivity index (χ1v) is 11.6. The molecular formula is C27H25ClN6O2. The highest BCUT2D eigenvalue weighted by Gasteiger charge is 2.11. The summed E-state index contributed by atoms with van der Waals surface area (Å²) in [6.45, 7) is 4.20. The number of benzene rings is 2. The molecule has 0 aliphatic rings. The summed E-state index contributed by atoms with van der Waals surface area (Å²) in [7, 11) is 0. The Morgan fingerprint density at radius 2 is 2.03 bits per heavy atom. The van der Waals surface area contributed by atoms with E-state index in [-0.39, 0.29) is 6.04 Å². The summed E-state index contributed by atoms with van der Waals surface area (Å²) in [5, 5.41) is 8.75. The van der Waals surface area contributed by atoms with E-state index in [0.29, 0.717) is 35.5 Å². The zero-order valence-corrected chi connectivity index (χ0v) is 20.7. The molecule has 8 nitrogen and oxygen atoms in total. The molecule has 2 aromatic carbocycles. The second-order valence-corrected chi connectivity index (χ2v) is 8.33. The molecule has 9 heteroatoms. The quantitative estimate of drug-likeness (QED) is 0.187. The molecule has 0 aliphatic heterocycles. The topological polar surface area (TPSA) is 108 Å². The maximum Gasteiger partial charge on any atom is 0.159 e. The van der Waals surface area contributed by atoms with Crippen molar-refractivity contribution < 1.29 is 9.57 Å². The van der Waals surface area contributed by atoms with Crippen molar-refractivity contribution in [2.75, 3.05) is 11.9 Å². The first-order chi connectivity index (χ1) is 17.5. The molecule has 182 valence electrons. The molecule has 0 bridgehead atoms. The Balaban J connectivity index is 1.57. The molecule has 4 aromatic rings. The molecule has 0 unspecified atom stereocenters. The highest BCUT2D eigenvalue weighted by Crippen LogP contribution is 2.31. The van der Waals surface area contributed by atoms with Gasteiger partial charge in [0.1, 0.15) is 31.1 Å². The van der Waals surface area contributed by atoms with Crippen molar-refractivity contribution in [2.24, 2.45) is 10.9 Å². The van der Waals surface area contributed by atoms with Crippen LogP contribution in [0, 0.1) is 11.8 Å². The Hall–Kier alpha value is -4.19. The number of anilines is 2. The van der Waals surface area contributed by atoms with Crippen LogP contribution in [0.3, 0.4) is 0 Å². The van der Waals surface area contributed by atoms with Gasteiger partial charge in [0, 0.05) is 28.9 Å². The highest BCUT2D eigenvalue weighted by atomic mass is 35.5. The Bertz CT molecular complexity index is 1430. The lowest BCUT2D eigenvalue weighted by Gasteiger charge is -2.12. The number of pyridine rings is 1. The monoisotopic (exact) mass is 500 g/mol. The maximum absolute atomic E-state index is 6.48. The number of hydrogen-bond donors (Lipinski definition) is 2. The van der Waals surface area contributed by atoms with Gasteiger partial charge in [0.15, 0.2) is 5.71 Å². The summed E-state index contributed by atoms with van der Waals surface area (Å²) in [4.78, 5) is 18.4. The maximum atomic E-state index is 6.48. The number of halogens is 1. The van der Waals surface area contributed by atoms with E-state index in [9.17, 15) is 0 Å². The molecule has 2 heterocycles. The number of oxime groups is 1. The zero-order chi connectivity index (χ0) is 25.3. The van der Waals surface area contributed by atoms with Crippen LogP contribution >= 0.6 is 11.6 Å². The van der Waals surface area contributed by atoms with E-state index in [4.69, 9.17) is 26.9 Å². The second kappa shape index (κ2) is 12.0. The Morgan fingerprint density at radius 3 is 2.78 bits per heavy atom. The summed E-state index contributed by atoms with van der Waals surface area (Å²) < 4.78 is 5.82. The lowest BCUT2D eigenvalue weighted by atomic mass is 10.1. The van der Waals surface area contributed by atoms with E-state index in [1.807, 2.05) is 49.4 Å². The summed E-state index contributed by atoms with van der Waals surface area (Å²) in [5.74, 6) is 7.03. The van der Waals surface area contributed by atoms with Gasteiger partial charge in [0.25, 0.3) is 0 Å². The minimum Gasteiger partial charge on any atom is -0.486 e. The third kappa shape index (κ3) is 6.48. The predicted octanol–water partition coefficient (Wildman–Crippen LogP) is 5.09. The fourth-order valence-corrected chi connectivity index (χ4v) is 3.49. The summed E-state index contributed by atoms with van der Waals surface area (Å²) in [6.07, 6.45) is 3.23. The van der Waals surface area contributed by atoms with Crippen LogP contribution in [-0.2, 0) is 11.4 Å². The minimum atomic E-state index is -0.135. The molecule has 4 rings (SSSR count). The van der Waals surface area contributed by atoms with Crippen LogP contribution in [0.4, 0.5) is 11.5 Å². The summed E-state index contributed by atoms with van der Waals surface area (Å²) in [6, 6.07) is 16.7. The van der Waals surface area contributed by atoms with Gasteiger partial charge >= 0.3 is 0 Å². The van der Waals surface area contributed by atoms with Crippen LogP contribution in [0.25, 0.3) is 10.9 Å². The molecule has 0 saturated heterocycles. The lowest BCUT2D eigenvalue weighted by molar-refractivity contribution is 0.134. The van der Waals surface area contributed by atoms with Gasteiger partial charge in [-0.15, -0.1) is 0 Å². The zero-order valence-electron chi connectivity index (χ0n) is 19.9. The fraction of sp³-hybridized carbons (Fsp3) is 0.185. The van der Waals surface area contributed by atoms with E-state index in [2.05, 4.69) is 37.3 Å². The Kier molecular flexibility index (Phi) is 8.29. The van der Waals surface area contributed by atoms with Gasteiger partial charge in [-0.3, -0.25) is 4.98 Å². The van der Waals surface area contributed by atoms with Crippen LogP contribution in [-0.4, -0.2) is 33.3 Å². The average molecular weight is 501 g/mol. The SMILES string of the molecule is CC#CC(=NOC[C@@H](C)N)c1ccc2ncnc(Nc3ccc(OCc4ccccn4)c(Cl)c3)c2c1. The van der Waals surface area contributed by atoms with Crippen molar-refractivity contribution in [1.82, 2.24) is 15.0 Å². The van der Waals surface area contributed by atoms with Gasteiger partial charge in [-0.2, -0.15) is 0 Å². The van der Waals surface area contributed by atoms with Crippen LogP contribution in [0.5, 0.6) is 5.75 Å². The number of rotatable bonds is 9. The first kappa shape index (κ1) is 24.9. The van der Waals surface area contributed by atoms with Gasteiger partial charge in [0.05, 0.1) is 16.2 Å². The van der Waals surface area contributed by atoms with E-state index < -0.39 is 0 Å². The summed E-state index contributed by atoms with van der Waals surface area (Å²) >= 11 is 6.48. The first-order valence-electron chi connectivity index (χ1n) is 11.3. The molecule has 36 heavy (non-hydrogen) atoms. The van der Waals surface area contributed by atoms with Crippen LogP contribution in [0.15, 0.2) is 72.3 Å². The van der Waals surface area contributed by atoms with E-state index >= 15 is 0 Å². The van der Waals surface area contributed by atoms with Gasteiger partial charge in [-0.1, -0.05) is 28.7 Å². The third-order valence-corrected chi connectivity index (χ3v) is 5.24. The van der Waals surface area contributed by atoms with Gasteiger partial charge in [0.2, 0.25) is 0 Å². The van der Waals surface area contributed by atoms with Crippen molar-refractivity contribution >= 4 is 39.7 Å². The Morgan fingerprint density at radius 1 is 1.14 bits per heavy atom. The third-order valence-electron chi connectivity index (χ3n) is 4.94. The number of hydrogen-bond acceptors (Lipinski definition) is 8. The Labute approximate surface area is 214 Å². The highest BCUT2D eigenvalue weighted by molar-refractivity contribution is 6.32. The molecule has 0 fully saturated rings. The van der Waals surface area contributed by atoms with E-state index in [0.717, 1.165) is 27.8 Å². The smallest absolute Gasteiger partial charge is 0.159 e. The van der Waals surface area contributed by atoms with Gasteiger partial charge < -0.3 is 20.6 Å². The van der Waals surface area contributed by atoms with Gasteiger partial charge in [-0.05, 0) is 68.3 Å². The largest absolute Gasteiger partial charge is 0.486 e. The number of ether oxygens (including phenoxy) is 1. The average Bonchev–Trinajstić information content (AvgIpc) is 2.88. The van der Waals surface area contributed by atoms with Crippen molar-refractivity contribution in [1.29, 1.82) is 0 Å². The fourth-order valence-electron chi connectivity index (χ4n) is 3.26. The van der Waals surface area contributed by atoms with Crippen LogP contribution in [0.2, 0.25) is 5.02 Å². The minimum absolute atomic E-state index is 0.135. The van der Waals surface area contributed by atoms with E-state index in [1.54, 1.807) is 25.3 Å². The standard InChI is InChI=1S/C27H25ClN6O2/c1-3-6-24(34-36-15-18(2)29)19-8-10-25-22(13-19)27(32-17-31-25)33-20-9-11-26(23(28)14-20)35-16-21-7-4-5-12-30-21/h4-5,7-14,17-18H,15-16,29H2,1-2H3,(H,31,32,33)/t18-/m1/s1. The van der Waals surface area contributed by atoms with Gasteiger partial charge in [-0.25, -0.2) is 9.97 Å². The molecule has 1 atom stereocenters. The van der Waals surface area contributed by atoms with Crippen molar-refractivity contribution in [2.45, 2.75) is 26.5 Å². The number of fused-ring (bicyclic) bond motifs is 1. The molecule has 0 radical (unpaired) electrons. The number of aromatic nitrogens is 3. The number of nitrogens with zero attached hydrogens (tertiary/aromatic N) is 4. The molecule has 3 N–H and O–H groups in total. The predicted molar refractivity (Wildman–Crippen MR) is 142 cm³/mol. The summed E-state index contributed by atoms with van der Waals surface area (Å²) in [5.41, 5.74) is 9.34. The molecule has 0 amide bonds. The van der Waals surface area contributed by atoms with E-state index in [1.165, 1.54) is 6.33 Å². The van der Waals surface area contributed by atoms with Crippen molar-refractivity contribution in [3.05, 3.63) is 83.4 Å². The lowest BCUT2D eigenvalue weighted by Crippen LogP contribution is -2.20. The molecule has 0 saturated carbocycles.